The average Bonchev–Trinajstić information content (AvgIpc) is 3.07. The van der Waals surface area contributed by atoms with Crippen LogP contribution in [0.5, 0.6) is 0 Å². The minimum absolute atomic E-state index is 0.132. The number of nitrogens with two attached hydrogens (primary N) is 1. The fourth-order valence-electron chi connectivity index (χ4n) is 4.09. The van der Waals surface area contributed by atoms with Crippen molar-refractivity contribution in [1.29, 1.82) is 0 Å². The van der Waals surface area contributed by atoms with Crippen molar-refractivity contribution in [2.45, 2.75) is 51.2 Å². The molecule has 1 aromatic carbocycles. The van der Waals surface area contributed by atoms with Crippen LogP contribution in [0.3, 0.4) is 0 Å². The van der Waals surface area contributed by atoms with E-state index in [1.165, 1.54) is 23.5 Å². The number of nitrogens with zero attached hydrogens (tertiary/aromatic N) is 3. The summed E-state index contributed by atoms with van der Waals surface area (Å²) in [5, 5.41) is 7.70. The number of hydrogen-bond acceptors (Lipinski definition) is 3. The van der Waals surface area contributed by atoms with Gasteiger partial charge < -0.3 is 16.0 Å². The van der Waals surface area contributed by atoms with Crippen LogP contribution >= 0.6 is 0 Å². The van der Waals surface area contributed by atoms with Gasteiger partial charge in [0.1, 0.15) is 11.5 Å². The van der Waals surface area contributed by atoms with E-state index in [4.69, 9.17) is 5.73 Å². The van der Waals surface area contributed by atoms with Crippen LogP contribution < -0.4 is 11.1 Å². The highest BCUT2D eigenvalue weighted by molar-refractivity contribution is 6.01. The molecule has 1 fully saturated rings. The molecule has 8 heteroatoms. The smallest absolute Gasteiger partial charge is 0.315 e. The summed E-state index contributed by atoms with van der Waals surface area (Å²) >= 11 is 0. The zero-order chi connectivity index (χ0) is 19.7. The van der Waals surface area contributed by atoms with Crippen LogP contribution in [0.25, 0.3) is 11.3 Å². The van der Waals surface area contributed by atoms with Crippen molar-refractivity contribution in [1.82, 2.24) is 20.0 Å². The van der Waals surface area contributed by atoms with E-state index in [0.29, 0.717) is 35.6 Å². The molecule has 1 saturated carbocycles. The number of aromatic nitrogens is 2. The third-order valence-electron chi connectivity index (χ3n) is 5.56. The fraction of sp³-hybridized carbons (Fsp3) is 0.450. The third kappa shape index (κ3) is 3.58. The van der Waals surface area contributed by atoms with Gasteiger partial charge in [-0.05, 0) is 25.0 Å². The van der Waals surface area contributed by atoms with Gasteiger partial charge in [-0.2, -0.15) is 5.10 Å². The molecule has 2 aromatic rings. The van der Waals surface area contributed by atoms with E-state index < -0.39 is 6.03 Å². The van der Waals surface area contributed by atoms with E-state index in [2.05, 4.69) is 10.4 Å². The lowest BCUT2D eigenvalue weighted by molar-refractivity contribution is 0.0925. The number of nitrogens with one attached hydrogen (secondary N) is 1. The molecule has 28 heavy (non-hydrogen) atoms. The highest BCUT2D eigenvalue weighted by Crippen LogP contribution is 2.29. The Morgan fingerprint density at radius 3 is 2.68 bits per heavy atom. The first kappa shape index (κ1) is 18.5. The summed E-state index contributed by atoms with van der Waals surface area (Å²) in [7, 11) is 0. The van der Waals surface area contributed by atoms with Crippen molar-refractivity contribution in [2.75, 3.05) is 6.54 Å². The molecule has 3 amide bonds. The SMILES string of the molecule is NC(=O)N1CCn2nc(-c3cccc(F)c3)c(C(=O)NC3CCCCC3)c2C1. The van der Waals surface area contributed by atoms with Crippen molar-refractivity contribution in [3.8, 4) is 11.3 Å². The number of fused-ring (bicyclic) bond motifs is 1. The number of rotatable bonds is 3. The lowest BCUT2D eigenvalue weighted by atomic mass is 9.95. The molecule has 148 valence electrons. The maximum atomic E-state index is 13.8. The summed E-state index contributed by atoms with van der Waals surface area (Å²) in [5.74, 6) is -0.611. The van der Waals surface area contributed by atoms with Gasteiger partial charge in [-0.25, -0.2) is 9.18 Å². The number of hydrogen-bond donors (Lipinski definition) is 2. The highest BCUT2D eigenvalue weighted by Gasteiger charge is 2.31. The average molecular weight is 385 g/mol. The van der Waals surface area contributed by atoms with E-state index in [1.807, 2.05) is 0 Å². The van der Waals surface area contributed by atoms with Gasteiger partial charge in [-0.3, -0.25) is 9.48 Å². The van der Waals surface area contributed by atoms with Crippen LogP contribution in [0.2, 0.25) is 0 Å². The normalized spacial score (nSPS) is 17.2. The van der Waals surface area contributed by atoms with Crippen molar-refractivity contribution >= 4 is 11.9 Å². The Balaban J connectivity index is 1.73. The first-order valence-corrected chi connectivity index (χ1v) is 9.74. The predicted octanol–water partition coefficient (Wildman–Crippen LogP) is 2.65. The first-order valence-electron chi connectivity index (χ1n) is 9.74. The monoisotopic (exact) mass is 385 g/mol. The molecule has 0 bridgehead atoms. The van der Waals surface area contributed by atoms with Crippen molar-refractivity contribution < 1.29 is 14.0 Å². The number of urea groups is 1. The number of halogens is 1. The number of carbonyl (C=O) groups is 2. The summed E-state index contributed by atoms with van der Waals surface area (Å²) in [5.41, 5.74) is 7.47. The molecule has 0 unspecified atom stereocenters. The summed E-state index contributed by atoms with van der Waals surface area (Å²) in [6.07, 6.45) is 5.31. The summed E-state index contributed by atoms with van der Waals surface area (Å²) in [6.45, 7) is 1.08. The van der Waals surface area contributed by atoms with Crippen LogP contribution in [-0.4, -0.2) is 39.2 Å². The van der Waals surface area contributed by atoms with Gasteiger partial charge in [-0.1, -0.05) is 31.4 Å². The molecular formula is C20H24FN5O2. The number of carbonyl (C=O) groups excluding carboxylic acids is 2. The standard InChI is InChI=1S/C20H24FN5O2/c21-14-6-4-5-13(11-14)18-17(19(27)23-15-7-2-1-3-8-15)16-12-25(20(22)28)9-10-26(16)24-18/h4-6,11,15H,1-3,7-10,12H2,(H2,22,28)(H,23,27). The van der Waals surface area contributed by atoms with Crippen LogP contribution in [0.1, 0.15) is 48.2 Å². The summed E-state index contributed by atoms with van der Waals surface area (Å²) < 4.78 is 15.5. The molecule has 2 heterocycles. The molecule has 2 aliphatic rings. The van der Waals surface area contributed by atoms with E-state index in [9.17, 15) is 14.0 Å². The van der Waals surface area contributed by atoms with Gasteiger partial charge >= 0.3 is 6.03 Å². The zero-order valence-corrected chi connectivity index (χ0v) is 15.7. The molecule has 0 radical (unpaired) electrons. The second kappa shape index (κ2) is 7.61. The van der Waals surface area contributed by atoms with Gasteiger partial charge in [0.2, 0.25) is 0 Å². The lowest BCUT2D eigenvalue weighted by Crippen LogP contribution is -2.42. The molecule has 7 nitrogen and oxygen atoms in total. The molecule has 0 spiro atoms. The van der Waals surface area contributed by atoms with E-state index in [1.54, 1.807) is 16.8 Å². The Labute approximate surface area is 162 Å². The van der Waals surface area contributed by atoms with Gasteiger partial charge in [0, 0.05) is 18.2 Å². The van der Waals surface area contributed by atoms with Crippen LogP contribution in [0, 0.1) is 5.82 Å². The highest BCUT2D eigenvalue weighted by atomic mass is 19.1. The predicted molar refractivity (Wildman–Crippen MR) is 102 cm³/mol. The Bertz CT molecular complexity index is 904. The van der Waals surface area contributed by atoms with Gasteiger partial charge in [-0.15, -0.1) is 0 Å². The summed E-state index contributed by atoms with van der Waals surface area (Å²) in [6, 6.07) is 5.67. The van der Waals surface area contributed by atoms with Crippen molar-refractivity contribution in [3.05, 3.63) is 41.3 Å². The number of amides is 3. The third-order valence-corrected chi connectivity index (χ3v) is 5.56. The van der Waals surface area contributed by atoms with Gasteiger partial charge in [0.05, 0.1) is 24.3 Å². The molecule has 0 saturated heterocycles. The largest absolute Gasteiger partial charge is 0.351 e. The lowest BCUT2D eigenvalue weighted by Gasteiger charge is -2.27. The Morgan fingerprint density at radius 2 is 1.96 bits per heavy atom. The van der Waals surface area contributed by atoms with Crippen LogP contribution in [0.4, 0.5) is 9.18 Å². The molecule has 3 N–H and O–H groups in total. The second-order valence-corrected chi connectivity index (χ2v) is 7.47. The first-order chi connectivity index (χ1) is 13.5. The molecule has 1 aliphatic carbocycles. The Hall–Kier alpha value is -2.90. The van der Waals surface area contributed by atoms with E-state index in [0.717, 1.165) is 25.7 Å². The Kier molecular flexibility index (Phi) is 5.02. The maximum Gasteiger partial charge on any atom is 0.315 e. The fourth-order valence-corrected chi connectivity index (χ4v) is 4.09. The minimum Gasteiger partial charge on any atom is -0.351 e. The van der Waals surface area contributed by atoms with Crippen molar-refractivity contribution in [2.24, 2.45) is 5.73 Å². The molecule has 0 atom stereocenters. The molecule has 1 aliphatic heterocycles. The molecular weight excluding hydrogens is 361 g/mol. The molecule has 1 aromatic heterocycles. The van der Waals surface area contributed by atoms with Gasteiger partial charge in [0.25, 0.3) is 5.91 Å². The van der Waals surface area contributed by atoms with Crippen molar-refractivity contribution in [3.63, 3.8) is 0 Å². The topological polar surface area (TPSA) is 93.2 Å². The van der Waals surface area contributed by atoms with E-state index in [-0.39, 0.29) is 24.3 Å². The van der Waals surface area contributed by atoms with Gasteiger partial charge in [0.15, 0.2) is 0 Å². The maximum absolute atomic E-state index is 13.8. The second-order valence-electron chi connectivity index (χ2n) is 7.47. The Morgan fingerprint density at radius 1 is 1.18 bits per heavy atom. The number of benzene rings is 1. The summed E-state index contributed by atoms with van der Waals surface area (Å²) in [4.78, 5) is 26.4. The number of primary amides is 1. The zero-order valence-electron chi connectivity index (χ0n) is 15.7. The minimum atomic E-state index is -0.529. The van der Waals surface area contributed by atoms with E-state index >= 15 is 0 Å². The quantitative estimate of drug-likeness (QED) is 0.851. The van der Waals surface area contributed by atoms with Crippen LogP contribution in [0.15, 0.2) is 24.3 Å². The molecule has 4 rings (SSSR count). The van der Waals surface area contributed by atoms with Crippen LogP contribution in [-0.2, 0) is 13.1 Å².